The van der Waals surface area contributed by atoms with Gasteiger partial charge in [0, 0.05) is 8.95 Å². The Hall–Kier alpha value is -0.750. The summed E-state index contributed by atoms with van der Waals surface area (Å²) in [4.78, 5) is 0. The number of aryl methyl sites for hydroxylation is 1. The first kappa shape index (κ1) is 15.6. The van der Waals surface area contributed by atoms with E-state index in [1.165, 1.54) is 6.07 Å². The molecule has 0 saturated heterocycles. The van der Waals surface area contributed by atoms with Crippen LogP contribution in [0.25, 0.3) is 0 Å². The van der Waals surface area contributed by atoms with E-state index in [0.717, 1.165) is 20.1 Å². The number of nitrogens with one attached hydrogen (secondary N) is 1. The molecule has 1 atom stereocenters. The Balaban J connectivity index is 2.31. The summed E-state index contributed by atoms with van der Waals surface area (Å²) >= 11 is 6.90. The highest BCUT2D eigenvalue weighted by atomic mass is 79.9. The topological polar surface area (TPSA) is 38.0 Å². The van der Waals surface area contributed by atoms with Gasteiger partial charge in [0.05, 0.1) is 6.04 Å². The Morgan fingerprint density at radius 2 is 1.95 bits per heavy atom. The monoisotopic (exact) mass is 400 g/mol. The fraction of sp³-hybridized carbons (Fsp3) is 0.200. The van der Waals surface area contributed by atoms with Gasteiger partial charge in [-0.2, -0.15) is 0 Å². The van der Waals surface area contributed by atoms with Crippen molar-refractivity contribution in [2.75, 3.05) is 0 Å². The number of benzene rings is 2. The van der Waals surface area contributed by atoms with E-state index in [2.05, 4.69) is 37.3 Å². The van der Waals surface area contributed by atoms with Crippen LogP contribution in [0.3, 0.4) is 0 Å². The van der Waals surface area contributed by atoms with Gasteiger partial charge in [-0.1, -0.05) is 44.0 Å². The smallest absolute Gasteiger partial charge is 0.126 e. The summed E-state index contributed by atoms with van der Waals surface area (Å²) < 4.78 is 15.7. The van der Waals surface area contributed by atoms with Crippen LogP contribution in [0.5, 0.6) is 0 Å². The predicted molar refractivity (Wildman–Crippen MR) is 86.7 cm³/mol. The molecule has 0 aliphatic rings. The third-order valence-electron chi connectivity index (χ3n) is 3.16. The molecule has 0 fully saturated rings. The van der Waals surface area contributed by atoms with Crippen LogP contribution in [-0.2, 0) is 6.42 Å². The summed E-state index contributed by atoms with van der Waals surface area (Å²) in [6.45, 7) is 2.02. The number of hydrogen-bond acceptors (Lipinski definition) is 2. The van der Waals surface area contributed by atoms with Crippen molar-refractivity contribution in [3.63, 3.8) is 0 Å². The van der Waals surface area contributed by atoms with Crippen LogP contribution in [0.1, 0.15) is 22.7 Å². The molecule has 0 heterocycles. The van der Waals surface area contributed by atoms with Crippen LogP contribution in [0.4, 0.5) is 4.39 Å². The van der Waals surface area contributed by atoms with Crippen molar-refractivity contribution < 1.29 is 4.39 Å². The summed E-state index contributed by atoms with van der Waals surface area (Å²) in [5.74, 6) is 5.42. The molecule has 2 nitrogen and oxygen atoms in total. The standard InChI is InChI=1S/C15H15Br2FN2/c1-9-2-4-12(13(17)6-9)15(20-19)8-10-7-11(16)3-5-14(10)18/h2-7,15,20H,8,19H2,1H3. The van der Waals surface area contributed by atoms with Gasteiger partial charge >= 0.3 is 0 Å². The first-order chi connectivity index (χ1) is 9.51. The zero-order valence-electron chi connectivity index (χ0n) is 11.0. The Labute approximate surface area is 134 Å². The Morgan fingerprint density at radius 3 is 2.60 bits per heavy atom. The highest BCUT2D eigenvalue weighted by Crippen LogP contribution is 2.28. The zero-order valence-corrected chi connectivity index (χ0v) is 14.1. The minimum atomic E-state index is -0.225. The molecular weight excluding hydrogens is 387 g/mol. The summed E-state index contributed by atoms with van der Waals surface area (Å²) in [6, 6.07) is 10.8. The number of nitrogens with two attached hydrogens (primary N) is 1. The van der Waals surface area contributed by atoms with E-state index < -0.39 is 0 Å². The molecule has 0 aliphatic heterocycles. The van der Waals surface area contributed by atoms with Crippen LogP contribution < -0.4 is 11.3 Å². The quantitative estimate of drug-likeness (QED) is 0.588. The molecule has 2 rings (SSSR count). The summed E-state index contributed by atoms with van der Waals surface area (Å²) in [5, 5.41) is 0. The van der Waals surface area contributed by atoms with Gasteiger partial charge in [0.2, 0.25) is 0 Å². The minimum Gasteiger partial charge on any atom is -0.271 e. The van der Waals surface area contributed by atoms with Gasteiger partial charge in [0.25, 0.3) is 0 Å². The predicted octanol–water partition coefficient (Wildman–Crippen LogP) is 4.41. The lowest BCUT2D eigenvalue weighted by Crippen LogP contribution is -2.30. The number of hydrazine groups is 1. The molecule has 1 unspecified atom stereocenters. The maximum Gasteiger partial charge on any atom is 0.126 e. The molecular formula is C15H15Br2FN2. The third-order valence-corrected chi connectivity index (χ3v) is 4.34. The van der Waals surface area contributed by atoms with Gasteiger partial charge in [0.15, 0.2) is 0 Å². The lowest BCUT2D eigenvalue weighted by atomic mass is 9.98. The van der Waals surface area contributed by atoms with Crippen molar-refractivity contribution >= 4 is 31.9 Å². The van der Waals surface area contributed by atoms with Gasteiger partial charge in [-0.3, -0.25) is 11.3 Å². The maximum atomic E-state index is 13.8. The molecule has 0 bridgehead atoms. The average Bonchev–Trinajstić information content (AvgIpc) is 2.40. The summed E-state index contributed by atoms with van der Waals surface area (Å²) in [6.07, 6.45) is 0.476. The molecule has 5 heteroatoms. The maximum absolute atomic E-state index is 13.8. The van der Waals surface area contributed by atoms with E-state index in [9.17, 15) is 4.39 Å². The van der Waals surface area contributed by atoms with Crippen molar-refractivity contribution in [3.8, 4) is 0 Å². The van der Waals surface area contributed by atoms with E-state index in [0.29, 0.717) is 12.0 Å². The van der Waals surface area contributed by atoms with Crippen LogP contribution in [0.2, 0.25) is 0 Å². The summed E-state index contributed by atoms with van der Waals surface area (Å²) in [5.41, 5.74) is 5.55. The molecule has 0 aliphatic carbocycles. The normalized spacial score (nSPS) is 12.4. The van der Waals surface area contributed by atoms with Crippen LogP contribution in [0.15, 0.2) is 45.3 Å². The molecule has 0 spiro atoms. The van der Waals surface area contributed by atoms with Crippen LogP contribution >= 0.6 is 31.9 Å². The first-order valence-electron chi connectivity index (χ1n) is 6.17. The molecule has 106 valence electrons. The molecule has 0 aromatic heterocycles. The highest BCUT2D eigenvalue weighted by molar-refractivity contribution is 9.10. The number of halogens is 3. The first-order valence-corrected chi connectivity index (χ1v) is 7.76. The Kier molecular flexibility index (Phi) is 5.32. The molecule has 0 radical (unpaired) electrons. The fourth-order valence-electron chi connectivity index (χ4n) is 2.09. The Morgan fingerprint density at radius 1 is 1.20 bits per heavy atom. The van der Waals surface area contributed by atoms with Crippen LogP contribution in [0, 0.1) is 12.7 Å². The fourth-order valence-corrected chi connectivity index (χ4v) is 3.27. The molecule has 0 saturated carbocycles. The second-order valence-electron chi connectivity index (χ2n) is 4.68. The van der Waals surface area contributed by atoms with Gasteiger partial charge in [0.1, 0.15) is 5.82 Å². The van der Waals surface area contributed by atoms with Gasteiger partial charge in [-0.05, 0) is 54.3 Å². The van der Waals surface area contributed by atoms with Gasteiger partial charge in [-0.25, -0.2) is 4.39 Å². The number of hydrogen-bond donors (Lipinski definition) is 2. The lowest BCUT2D eigenvalue weighted by Gasteiger charge is -2.19. The number of rotatable bonds is 4. The SMILES string of the molecule is Cc1ccc(C(Cc2cc(Br)ccc2F)NN)c(Br)c1. The van der Waals surface area contributed by atoms with Gasteiger partial charge < -0.3 is 0 Å². The van der Waals surface area contributed by atoms with E-state index in [1.54, 1.807) is 12.1 Å². The van der Waals surface area contributed by atoms with E-state index in [-0.39, 0.29) is 11.9 Å². The Bertz CT molecular complexity index is 617. The molecule has 2 aromatic rings. The molecule has 20 heavy (non-hydrogen) atoms. The van der Waals surface area contributed by atoms with E-state index >= 15 is 0 Å². The largest absolute Gasteiger partial charge is 0.271 e. The van der Waals surface area contributed by atoms with Crippen molar-refractivity contribution in [1.82, 2.24) is 5.43 Å². The molecule has 3 N–H and O–H groups in total. The van der Waals surface area contributed by atoms with E-state index in [1.807, 2.05) is 25.1 Å². The van der Waals surface area contributed by atoms with E-state index in [4.69, 9.17) is 5.84 Å². The van der Waals surface area contributed by atoms with Crippen molar-refractivity contribution in [3.05, 3.63) is 67.9 Å². The average molecular weight is 402 g/mol. The highest BCUT2D eigenvalue weighted by Gasteiger charge is 2.16. The third kappa shape index (κ3) is 3.67. The van der Waals surface area contributed by atoms with Crippen molar-refractivity contribution in [1.29, 1.82) is 0 Å². The molecule has 0 amide bonds. The minimum absolute atomic E-state index is 0.159. The van der Waals surface area contributed by atoms with Gasteiger partial charge in [-0.15, -0.1) is 0 Å². The van der Waals surface area contributed by atoms with Crippen molar-refractivity contribution in [2.45, 2.75) is 19.4 Å². The zero-order chi connectivity index (χ0) is 14.7. The van der Waals surface area contributed by atoms with Crippen LogP contribution in [-0.4, -0.2) is 0 Å². The summed E-state index contributed by atoms with van der Waals surface area (Å²) in [7, 11) is 0. The lowest BCUT2D eigenvalue weighted by molar-refractivity contribution is 0.527. The molecule has 2 aromatic carbocycles. The second kappa shape index (κ2) is 6.80. The second-order valence-corrected chi connectivity index (χ2v) is 6.45. The van der Waals surface area contributed by atoms with Crippen molar-refractivity contribution in [2.24, 2.45) is 5.84 Å².